The molecular weight excluding hydrogens is 416 g/mol. The van der Waals surface area contributed by atoms with Crippen LogP contribution in [-0.4, -0.2) is 45.2 Å². The monoisotopic (exact) mass is 454 g/mol. The minimum atomic E-state index is -0.788. The first-order valence-corrected chi connectivity index (χ1v) is 12.9. The third-order valence-electron chi connectivity index (χ3n) is 6.02. The van der Waals surface area contributed by atoms with E-state index >= 15 is 0 Å². The summed E-state index contributed by atoms with van der Waals surface area (Å²) in [6.07, 6.45) is 7.87. The van der Waals surface area contributed by atoms with Crippen molar-refractivity contribution in [1.29, 1.82) is 0 Å². The zero-order valence-corrected chi connectivity index (χ0v) is 20.8. The molecule has 30 heavy (non-hydrogen) atoms. The van der Waals surface area contributed by atoms with E-state index in [1.807, 2.05) is 0 Å². The minimum absolute atomic E-state index is 0.136. The van der Waals surface area contributed by atoms with Gasteiger partial charge in [-0.2, -0.15) is 0 Å². The van der Waals surface area contributed by atoms with Gasteiger partial charge in [-0.15, -0.1) is 23.1 Å². The number of rotatable bonds is 10. The number of aromatic nitrogens is 1. The molecule has 170 valence electrons. The lowest BCUT2D eigenvalue weighted by atomic mass is 9.71. The molecule has 1 aliphatic rings. The molecule has 1 aromatic rings. The minimum Gasteiger partial charge on any atom is -0.481 e. The van der Waals surface area contributed by atoms with Gasteiger partial charge in [0.25, 0.3) is 0 Å². The summed E-state index contributed by atoms with van der Waals surface area (Å²) in [5, 5.41) is 9.60. The van der Waals surface area contributed by atoms with E-state index in [-0.39, 0.29) is 12.3 Å². The molecule has 0 radical (unpaired) electrons. The van der Waals surface area contributed by atoms with Crippen molar-refractivity contribution in [1.82, 2.24) is 9.88 Å². The van der Waals surface area contributed by atoms with E-state index in [1.54, 1.807) is 6.20 Å². The molecule has 0 aliphatic heterocycles. The van der Waals surface area contributed by atoms with Crippen molar-refractivity contribution in [3.05, 3.63) is 11.2 Å². The third-order valence-corrected chi connectivity index (χ3v) is 8.22. The van der Waals surface area contributed by atoms with Gasteiger partial charge in [0.2, 0.25) is 5.91 Å². The van der Waals surface area contributed by atoms with Crippen LogP contribution in [0.2, 0.25) is 0 Å². The summed E-state index contributed by atoms with van der Waals surface area (Å²) in [7, 11) is 0. The second-order valence-corrected chi connectivity index (χ2v) is 12.4. The Morgan fingerprint density at radius 1 is 1.27 bits per heavy atom. The van der Waals surface area contributed by atoms with Gasteiger partial charge in [0.1, 0.15) is 5.01 Å². The molecule has 0 bridgehead atoms. The smallest absolute Gasteiger partial charge is 0.304 e. The Balaban J connectivity index is 1.97. The first-order valence-electron chi connectivity index (χ1n) is 11.1. The molecule has 0 unspecified atom stereocenters. The standard InChI is InChI=1S/C23H38N2O3S2/c1-16(2)10-12-25(18-8-6-17(7-9-18)23(3,4)5)20(26)14-19-24-15-22(30-19)29-13-11-21(27)28/h15-18H,6-14H2,1-5H3,(H,27,28). The van der Waals surface area contributed by atoms with Crippen LogP contribution in [0.15, 0.2) is 10.4 Å². The fourth-order valence-electron chi connectivity index (χ4n) is 4.07. The number of thioether (sulfide) groups is 1. The van der Waals surface area contributed by atoms with Crippen molar-refractivity contribution >= 4 is 35.0 Å². The largest absolute Gasteiger partial charge is 0.481 e. The van der Waals surface area contributed by atoms with Gasteiger partial charge in [-0.25, -0.2) is 4.98 Å². The highest BCUT2D eigenvalue weighted by atomic mass is 32.2. The van der Waals surface area contributed by atoms with Gasteiger partial charge in [-0.1, -0.05) is 34.6 Å². The fraction of sp³-hybridized carbons (Fsp3) is 0.783. The number of amides is 1. The number of hydrogen-bond donors (Lipinski definition) is 1. The van der Waals surface area contributed by atoms with Gasteiger partial charge in [-0.05, 0) is 49.4 Å². The second-order valence-electron chi connectivity index (χ2n) is 9.88. The molecule has 1 saturated carbocycles. The lowest BCUT2D eigenvalue weighted by molar-refractivity contribution is -0.136. The Bertz CT molecular complexity index is 689. The zero-order chi connectivity index (χ0) is 22.3. The molecule has 0 atom stereocenters. The zero-order valence-electron chi connectivity index (χ0n) is 19.1. The number of carbonyl (C=O) groups excluding carboxylic acids is 1. The molecule has 7 heteroatoms. The Hall–Kier alpha value is -1.08. The van der Waals surface area contributed by atoms with Gasteiger partial charge >= 0.3 is 5.97 Å². The number of aliphatic carboxylic acids is 1. The highest BCUT2D eigenvalue weighted by molar-refractivity contribution is 8.01. The van der Waals surface area contributed by atoms with Crippen LogP contribution < -0.4 is 0 Å². The van der Waals surface area contributed by atoms with Gasteiger partial charge < -0.3 is 10.0 Å². The Morgan fingerprint density at radius 3 is 2.50 bits per heavy atom. The number of carboxylic acids is 1. The van der Waals surface area contributed by atoms with Crippen molar-refractivity contribution in [2.24, 2.45) is 17.3 Å². The topological polar surface area (TPSA) is 70.5 Å². The molecule has 1 fully saturated rings. The third kappa shape index (κ3) is 8.22. The average Bonchev–Trinajstić information content (AvgIpc) is 3.08. The van der Waals surface area contributed by atoms with Crippen LogP contribution in [0.4, 0.5) is 0 Å². The van der Waals surface area contributed by atoms with Crippen molar-refractivity contribution < 1.29 is 14.7 Å². The first-order chi connectivity index (χ1) is 14.1. The summed E-state index contributed by atoms with van der Waals surface area (Å²) in [6, 6.07) is 0.347. The van der Waals surface area contributed by atoms with Crippen molar-refractivity contribution in [2.75, 3.05) is 12.3 Å². The van der Waals surface area contributed by atoms with Crippen LogP contribution in [-0.2, 0) is 16.0 Å². The van der Waals surface area contributed by atoms with Crippen LogP contribution >= 0.6 is 23.1 Å². The molecule has 1 aliphatic carbocycles. The van der Waals surface area contributed by atoms with Gasteiger partial charge in [0.15, 0.2) is 0 Å². The van der Waals surface area contributed by atoms with Crippen LogP contribution in [0.3, 0.4) is 0 Å². The number of carboxylic acid groups (broad SMARTS) is 1. The highest BCUT2D eigenvalue weighted by Crippen LogP contribution is 2.39. The van der Waals surface area contributed by atoms with Crippen molar-refractivity contribution in [3.8, 4) is 0 Å². The number of nitrogens with zero attached hydrogens (tertiary/aromatic N) is 2. The molecule has 0 saturated heterocycles. The molecule has 1 N–H and O–H groups in total. The SMILES string of the molecule is CC(C)CCN(C(=O)Cc1ncc(SCCC(=O)O)s1)C1CCC(C(C)(C)C)CC1. The highest BCUT2D eigenvalue weighted by Gasteiger charge is 2.33. The molecule has 1 amide bonds. The fourth-order valence-corrected chi connectivity index (χ4v) is 6.09. The first kappa shape index (κ1) is 25.2. The van der Waals surface area contributed by atoms with Gasteiger partial charge in [0, 0.05) is 18.3 Å². The van der Waals surface area contributed by atoms with E-state index in [0.29, 0.717) is 29.5 Å². The summed E-state index contributed by atoms with van der Waals surface area (Å²) < 4.78 is 0.985. The number of hydrogen-bond acceptors (Lipinski definition) is 5. The molecule has 1 heterocycles. The van der Waals surface area contributed by atoms with Crippen LogP contribution in [0.25, 0.3) is 0 Å². The van der Waals surface area contributed by atoms with Crippen molar-refractivity contribution in [3.63, 3.8) is 0 Å². The van der Waals surface area contributed by atoms with E-state index in [2.05, 4.69) is 44.5 Å². The average molecular weight is 455 g/mol. The summed E-state index contributed by atoms with van der Waals surface area (Å²) in [5.74, 6) is 1.24. The Morgan fingerprint density at radius 2 is 1.93 bits per heavy atom. The second kappa shape index (κ2) is 11.5. The molecule has 2 rings (SSSR count). The maximum Gasteiger partial charge on any atom is 0.304 e. The molecule has 0 spiro atoms. The lowest BCUT2D eigenvalue weighted by Crippen LogP contribution is -2.45. The predicted molar refractivity (Wildman–Crippen MR) is 125 cm³/mol. The van der Waals surface area contributed by atoms with E-state index in [1.165, 1.54) is 35.9 Å². The Kier molecular flexibility index (Phi) is 9.67. The summed E-state index contributed by atoms with van der Waals surface area (Å²) in [5.41, 5.74) is 0.341. The van der Waals surface area contributed by atoms with Gasteiger partial charge in [-0.3, -0.25) is 9.59 Å². The van der Waals surface area contributed by atoms with Crippen LogP contribution in [0.1, 0.15) is 78.2 Å². The summed E-state index contributed by atoms with van der Waals surface area (Å²) in [6.45, 7) is 12.2. The van der Waals surface area contributed by atoms with Crippen molar-refractivity contribution in [2.45, 2.75) is 89.8 Å². The maximum atomic E-state index is 13.2. The number of carbonyl (C=O) groups is 2. The maximum absolute atomic E-state index is 13.2. The van der Waals surface area contributed by atoms with Crippen LogP contribution in [0.5, 0.6) is 0 Å². The molecule has 5 nitrogen and oxygen atoms in total. The van der Waals surface area contributed by atoms with E-state index in [0.717, 1.165) is 40.9 Å². The van der Waals surface area contributed by atoms with Crippen LogP contribution in [0, 0.1) is 17.3 Å². The number of thiazole rings is 1. The quantitative estimate of drug-likeness (QED) is 0.457. The molecular formula is C23H38N2O3S2. The Labute approximate surface area is 190 Å². The summed E-state index contributed by atoms with van der Waals surface area (Å²) >= 11 is 3.02. The molecule has 1 aromatic heterocycles. The van der Waals surface area contributed by atoms with E-state index in [9.17, 15) is 9.59 Å². The predicted octanol–water partition coefficient (Wildman–Crippen LogP) is 5.73. The normalized spacial score (nSPS) is 19.8. The summed E-state index contributed by atoms with van der Waals surface area (Å²) in [4.78, 5) is 30.5. The lowest BCUT2D eigenvalue weighted by Gasteiger charge is -2.41. The van der Waals surface area contributed by atoms with E-state index < -0.39 is 5.97 Å². The van der Waals surface area contributed by atoms with Gasteiger partial charge in [0.05, 0.1) is 23.2 Å². The van der Waals surface area contributed by atoms with E-state index in [4.69, 9.17) is 5.11 Å². The molecule has 0 aromatic carbocycles.